The van der Waals surface area contributed by atoms with Crippen LogP contribution in [0.4, 0.5) is 0 Å². The molecule has 5 rings (SSSR count). The van der Waals surface area contributed by atoms with Crippen molar-refractivity contribution in [3.05, 3.63) is 88.8 Å². The van der Waals surface area contributed by atoms with Crippen molar-refractivity contribution in [2.75, 3.05) is 13.7 Å². The molecular weight excluding hydrogens is 612 g/mol. The zero-order valence-electron chi connectivity index (χ0n) is 27.3. The Hall–Kier alpha value is -5.32. The van der Waals surface area contributed by atoms with Gasteiger partial charge in [-0.15, -0.1) is 0 Å². The van der Waals surface area contributed by atoms with Crippen molar-refractivity contribution >= 4 is 35.5 Å². The number of amidine groups is 1. The lowest BCUT2D eigenvalue weighted by molar-refractivity contribution is -0.190. The van der Waals surface area contributed by atoms with Crippen LogP contribution in [0.25, 0.3) is 17.2 Å². The number of nitrogens with one attached hydrogen (secondary N) is 2. The molecular formula is C37H40N4O7. The Morgan fingerprint density at radius 1 is 1.12 bits per heavy atom. The van der Waals surface area contributed by atoms with Crippen LogP contribution < -0.4 is 15.8 Å². The van der Waals surface area contributed by atoms with Gasteiger partial charge in [-0.1, -0.05) is 57.2 Å². The first-order chi connectivity index (χ1) is 23.0. The van der Waals surface area contributed by atoms with Gasteiger partial charge >= 0.3 is 11.9 Å². The number of Topliss-reactive ketones (excluding diaryl/α,β-unsaturated/α-hetero) is 1. The summed E-state index contributed by atoms with van der Waals surface area (Å²) in [5, 5.41) is 10.5. The molecule has 48 heavy (non-hydrogen) atoms. The molecule has 0 spiro atoms. The highest BCUT2D eigenvalue weighted by Gasteiger charge is 2.37. The quantitative estimate of drug-likeness (QED) is 0.0954. The Kier molecular flexibility index (Phi) is 10.4. The van der Waals surface area contributed by atoms with E-state index in [0.29, 0.717) is 53.3 Å². The molecule has 0 radical (unpaired) electrons. The summed E-state index contributed by atoms with van der Waals surface area (Å²) >= 11 is 0. The first-order valence-corrected chi connectivity index (χ1v) is 16.0. The van der Waals surface area contributed by atoms with Crippen LogP contribution in [0.3, 0.4) is 0 Å². The number of nitrogens with two attached hydrogens (primary N) is 1. The van der Waals surface area contributed by atoms with Gasteiger partial charge in [0.1, 0.15) is 17.3 Å². The number of cyclic esters (lactones) is 1. The zero-order valence-corrected chi connectivity index (χ0v) is 27.3. The second-order valence-electron chi connectivity index (χ2n) is 12.3. The molecule has 1 saturated heterocycles. The van der Waals surface area contributed by atoms with Gasteiger partial charge in [0.2, 0.25) is 6.29 Å². The Bertz CT molecular complexity index is 1760. The van der Waals surface area contributed by atoms with Gasteiger partial charge in [0.05, 0.1) is 13.0 Å². The molecule has 1 saturated carbocycles. The number of rotatable bonds is 13. The van der Waals surface area contributed by atoms with E-state index >= 15 is 0 Å². The van der Waals surface area contributed by atoms with Crippen LogP contribution in [0.5, 0.6) is 5.75 Å². The maximum Gasteiger partial charge on any atom is 0.360 e. The smallest absolute Gasteiger partial charge is 0.360 e. The molecule has 0 bridgehead atoms. The number of carbonyl (C=O) groups is 4. The molecule has 2 heterocycles. The Balaban J connectivity index is 1.57. The minimum absolute atomic E-state index is 0.000148. The van der Waals surface area contributed by atoms with Gasteiger partial charge in [-0.05, 0) is 60.1 Å². The number of hydrogen-bond acceptors (Lipinski definition) is 9. The molecule has 1 unspecified atom stereocenters. The van der Waals surface area contributed by atoms with Crippen LogP contribution in [-0.2, 0) is 20.7 Å². The van der Waals surface area contributed by atoms with Crippen molar-refractivity contribution in [3.63, 3.8) is 0 Å². The standard InChI is InChI=1S/C37H40N4O7/c1-5-23-17-32(47-36(44)20(23)3)48-37(45)33-26(13-14-29(41-33)35(43)40-19-22-7-8-22)27-18-31(46-4)24(6-2)16-28(27)30(42)15-21-9-11-25(12-10-21)34(38)39/h6,9-14,16,18,20,22-23,32H,2,5,7-8,15,17,19H2,1,3-4H3,(H3,38,39)(H,40,43)/t20-,23+,32?/m0/s1. The molecule has 2 aromatic carbocycles. The summed E-state index contributed by atoms with van der Waals surface area (Å²) in [5.74, 6) is -1.73. The van der Waals surface area contributed by atoms with Crippen molar-refractivity contribution < 1.29 is 33.4 Å². The molecule has 4 N–H and O–H groups in total. The molecule has 3 atom stereocenters. The molecule has 1 aliphatic carbocycles. The number of carbonyl (C=O) groups excluding carboxylic acids is 4. The number of amides is 1. The number of nitrogens with zero attached hydrogens (tertiary/aromatic N) is 1. The molecule has 3 aromatic rings. The molecule has 250 valence electrons. The maximum absolute atomic E-state index is 14.0. The van der Waals surface area contributed by atoms with E-state index in [1.54, 1.807) is 55.5 Å². The average Bonchev–Trinajstić information content (AvgIpc) is 3.92. The first-order valence-electron chi connectivity index (χ1n) is 16.0. The van der Waals surface area contributed by atoms with Crippen LogP contribution in [0.2, 0.25) is 0 Å². The fourth-order valence-electron chi connectivity index (χ4n) is 5.77. The fraction of sp³-hybridized carbons (Fsp3) is 0.351. The van der Waals surface area contributed by atoms with Crippen LogP contribution in [0.15, 0.2) is 55.1 Å². The number of methoxy groups -OCH3 is 1. The zero-order chi connectivity index (χ0) is 34.5. The van der Waals surface area contributed by atoms with Gasteiger partial charge in [-0.25, -0.2) is 9.78 Å². The van der Waals surface area contributed by atoms with E-state index in [1.807, 2.05) is 6.92 Å². The van der Waals surface area contributed by atoms with Gasteiger partial charge in [0.25, 0.3) is 5.91 Å². The number of pyridine rings is 1. The Morgan fingerprint density at radius 3 is 2.48 bits per heavy atom. The monoisotopic (exact) mass is 652 g/mol. The summed E-state index contributed by atoms with van der Waals surface area (Å²) in [6.45, 7) is 8.10. The van der Waals surface area contributed by atoms with E-state index in [0.717, 1.165) is 12.8 Å². The second-order valence-corrected chi connectivity index (χ2v) is 12.3. The highest BCUT2D eigenvalue weighted by atomic mass is 16.7. The third kappa shape index (κ3) is 7.62. The van der Waals surface area contributed by atoms with Crippen molar-refractivity contribution in [1.82, 2.24) is 10.3 Å². The van der Waals surface area contributed by atoms with Gasteiger partial charge in [0.15, 0.2) is 11.5 Å². The van der Waals surface area contributed by atoms with Gasteiger partial charge < -0.3 is 25.3 Å². The SMILES string of the molecule is C=Cc1cc(C(=O)Cc2ccc(C(=N)N)cc2)c(-c2ccc(C(=O)NCC3CC3)nc2C(=O)OC2C[C@@H](CC)[C@H](C)C(=O)O2)cc1OC. The second kappa shape index (κ2) is 14.6. The minimum Gasteiger partial charge on any atom is -0.496 e. The Morgan fingerprint density at radius 2 is 1.85 bits per heavy atom. The molecule has 11 nitrogen and oxygen atoms in total. The summed E-state index contributed by atoms with van der Waals surface area (Å²) in [7, 11) is 1.48. The summed E-state index contributed by atoms with van der Waals surface area (Å²) in [4.78, 5) is 58.0. The number of ketones is 1. The lowest BCUT2D eigenvalue weighted by Gasteiger charge is -2.32. The molecule has 1 aromatic heterocycles. The number of esters is 2. The number of hydrogen-bond donors (Lipinski definition) is 3. The van der Waals surface area contributed by atoms with E-state index in [-0.39, 0.29) is 52.4 Å². The maximum atomic E-state index is 14.0. The van der Waals surface area contributed by atoms with E-state index < -0.39 is 24.1 Å². The average molecular weight is 653 g/mol. The molecule has 1 aliphatic heterocycles. The first kappa shape index (κ1) is 34.0. The summed E-state index contributed by atoms with van der Waals surface area (Å²) < 4.78 is 16.8. The largest absolute Gasteiger partial charge is 0.496 e. The van der Waals surface area contributed by atoms with Crippen molar-refractivity contribution in [2.24, 2.45) is 23.5 Å². The lowest BCUT2D eigenvalue weighted by Crippen LogP contribution is -2.38. The predicted molar refractivity (Wildman–Crippen MR) is 180 cm³/mol. The summed E-state index contributed by atoms with van der Waals surface area (Å²) in [6, 6.07) is 13.1. The number of benzene rings is 2. The third-order valence-corrected chi connectivity index (χ3v) is 8.96. The highest BCUT2D eigenvalue weighted by Crippen LogP contribution is 2.36. The van der Waals surface area contributed by atoms with E-state index in [1.165, 1.54) is 13.2 Å². The normalized spacial score (nSPS) is 18.7. The molecule has 2 aliphatic rings. The number of ether oxygens (including phenoxy) is 3. The van der Waals surface area contributed by atoms with Crippen molar-refractivity contribution in [2.45, 2.75) is 52.2 Å². The number of aromatic nitrogens is 1. The third-order valence-electron chi connectivity index (χ3n) is 8.96. The Labute approximate surface area is 279 Å². The molecule has 1 amide bonds. The minimum atomic E-state index is -1.13. The van der Waals surface area contributed by atoms with Crippen LogP contribution >= 0.6 is 0 Å². The number of nitrogen functional groups attached to an aromatic ring is 1. The van der Waals surface area contributed by atoms with E-state index in [2.05, 4.69) is 16.9 Å². The van der Waals surface area contributed by atoms with Crippen molar-refractivity contribution in [3.8, 4) is 16.9 Å². The molecule has 2 fully saturated rings. The van der Waals surface area contributed by atoms with Crippen LogP contribution in [-0.4, -0.2) is 54.4 Å². The van der Waals surface area contributed by atoms with Gasteiger partial charge in [0, 0.05) is 41.6 Å². The van der Waals surface area contributed by atoms with E-state index in [4.69, 9.17) is 25.4 Å². The fourth-order valence-corrected chi connectivity index (χ4v) is 5.77. The lowest BCUT2D eigenvalue weighted by atomic mass is 9.86. The van der Waals surface area contributed by atoms with Crippen LogP contribution in [0.1, 0.15) is 87.6 Å². The summed E-state index contributed by atoms with van der Waals surface area (Å²) in [5.41, 5.74) is 7.95. The van der Waals surface area contributed by atoms with Gasteiger partial charge in [-0.2, -0.15) is 0 Å². The highest BCUT2D eigenvalue weighted by molar-refractivity contribution is 6.07. The van der Waals surface area contributed by atoms with Crippen molar-refractivity contribution in [1.29, 1.82) is 5.41 Å². The summed E-state index contributed by atoms with van der Waals surface area (Å²) in [6.07, 6.45) is 3.53. The van der Waals surface area contributed by atoms with Gasteiger partial charge in [-0.3, -0.25) is 19.8 Å². The topological polar surface area (TPSA) is 171 Å². The van der Waals surface area contributed by atoms with E-state index in [9.17, 15) is 19.2 Å². The predicted octanol–water partition coefficient (Wildman–Crippen LogP) is 5.34. The van der Waals surface area contributed by atoms with Crippen LogP contribution in [0, 0.1) is 23.2 Å². The molecule has 11 heteroatoms.